The van der Waals surface area contributed by atoms with Gasteiger partial charge in [-0.2, -0.15) is 0 Å². The van der Waals surface area contributed by atoms with Crippen molar-refractivity contribution in [2.75, 3.05) is 18.6 Å². The molecule has 0 amide bonds. The standard InChI is InChI=1S/C17H20INO2/c1-20-17(21-2)15-9-11-19-12-16(15)14(8-10-18)13-6-4-3-5-7-13/h3-7,9,11-12,14,17H,8,10H2,1-2H3. The number of ether oxygens (including phenoxy) is 2. The van der Waals surface area contributed by atoms with Gasteiger partial charge in [-0.15, -0.1) is 0 Å². The molecule has 0 aliphatic carbocycles. The molecule has 0 bridgehead atoms. The fourth-order valence-corrected chi connectivity index (χ4v) is 3.19. The highest BCUT2D eigenvalue weighted by atomic mass is 127. The van der Waals surface area contributed by atoms with E-state index in [1.807, 2.05) is 18.3 Å². The van der Waals surface area contributed by atoms with Crippen LogP contribution in [0.25, 0.3) is 0 Å². The third kappa shape index (κ3) is 4.02. The van der Waals surface area contributed by atoms with E-state index in [2.05, 4.69) is 51.8 Å². The predicted molar refractivity (Wildman–Crippen MR) is 92.8 cm³/mol. The molecule has 0 radical (unpaired) electrons. The van der Waals surface area contributed by atoms with Crippen LogP contribution in [0.1, 0.15) is 35.3 Å². The molecule has 1 atom stereocenters. The molecule has 4 heteroatoms. The third-order valence-electron chi connectivity index (χ3n) is 3.54. The van der Waals surface area contributed by atoms with Crippen LogP contribution in [0, 0.1) is 0 Å². The molecule has 0 fully saturated rings. The third-order valence-corrected chi connectivity index (χ3v) is 4.17. The summed E-state index contributed by atoms with van der Waals surface area (Å²) in [5.74, 6) is 0.305. The Morgan fingerprint density at radius 1 is 1.05 bits per heavy atom. The monoisotopic (exact) mass is 397 g/mol. The minimum absolute atomic E-state index is 0.305. The molecule has 0 aliphatic rings. The van der Waals surface area contributed by atoms with Crippen molar-refractivity contribution in [1.82, 2.24) is 4.98 Å². The molecule has 0 N–H and O–H groups in total. The molecule has 0 spiro atoms. The summed E-state index contributed by atoms with van der Waals surface area (Å²) in [6.45, 7) is 0. The predicted octanol–water partition coefficient (Wildman–Crippen LogP) is 4.33. The first-order valence-electron chi connectivity index (χ1n) is 6.92. The molecule has 2 aromatic rings. The van der Waals surface area contributed by atoms with Crippen molar-refractivity contribution in [2.24, 2.45) is 0 Å². The Balaban J connectivity index is 2.46. The van der Waals surface area contributed by atoms with Crippen molar-refractivity contribution in [3.05, 3.63) is 65.5 Å². The smallest absolute Gasteiger partial charge is 0.183 e. The topological polar surface area (TPSA) is 31.4 Å². The summed E-state index contributed by atoms with van der Waals surface area (Å²) in [4.78, 5) is 4.31. The Hall–Kier alpha value is -0.980. The molecule has 2 rings (SSSR count). The van der Waals surface area contributed by atoms with Gasteiger partial charge in [0.05, 0.1) is 0 Å². The number of halogens is 1. The average Bonchev–Trinajstić information content (AvgIpc) is 2.55. The number of rotatable bonds is 7. The van der Waals surface area contributed by atoms with E-state index in [1.165, 1.54) is 11.1 Å². The SMILES string of the molecule is COC(OC)c1ccncc1C(CCI)c1ccccc1. The summed E-state index contributed by atoms with van der Waals surface area (Å²) in [7, 11) is 3.32. The Bertz CT molecular complexity index is 543. The van der Waals surface area contributed by atoms with E-state index in [9.17, 15) is 0 Å². The van der Waals surface area contributed by atoms with Crippen LogP contribution in [0.4, 0.5) is 0 Å². The van der Waals surface area contributed by atoms with Gasteiger partial charge in [0.2, 0.25) is 0 Å². The van der Waals surface area contributed by atoms with Crippen LogP contribution >= 0.6 is 22.6 Å². The quantitative estimate of drug-likeness (QED) is 0.396. The van der Waals surface area contributed by atoms with Gasteiger partial charge in [-0.25, -0.2) is 0 Å². The second-order valence-electron chi connectivity index (χ2n) is 4.75. The highest BCUT2D eigenvalue weighted by molar-refractivity contribution is 14.1. The highest BCUT2D eigenvalue weighted by Gasteiger charge is 2.21. The van der Waals surface area contributed by atoms with Crippen LogP contribution in [-0.4, -0.2) is 23.6 Å². The summed E-state index contributed by atoms with van der Waals surface area (Å²) >= 11 is 2.42. The van der Waals surface area contributed by atoms with Crippen molar-refractivity contribution < 1.29 is 9.47 Å². The molecular formula is C17H20INO2. The van der Waals surface area contributed by atoms with Gasteiger partial charge in [-0.1, -0.05) is 52.9 Å². The maximum Gasteiger partial charge on any atom is 0.183 e. The van der Waals surface area contributed by atoms with E-state index in [0.717, 1.165) is 16.4 Å². The van der Waals surface area contributed by atoms with E-state index in [-0.39, 0.29) is 6.29 Å². The van der Waals surface area contributed by atoms with E-state index in [1.54, 1.807) is 20.4 Å². The first-order chi connectivity index (χ1) is 10.3. The van der Waals surface area contributed by atoms with Gasteiger partial charge in [0.15, 0.2) is 6.29 Å². The molecule has 3 nitrogen and oxygen atoms in total. The first kappa shape index (κ1) is 16.4. The number of hydrogen-bond donors (Lipinski definition) is 0. The van der Waals surface area contributed by atoms with Crippen molar-refractivity contribution in [1.29, 1.82) is 0 Å². The maximum absolute atomic E-state index is 5.44. The van der Waals surface area contributed by atoms with Crippen molar-refractivity contribution in [3.63, 3.8) is 0 Å². The van der Waals surface area contributed by atoms with Gasteiger partial charge >= 0.3 is 0 Å². The molecule has 21 heavy (non-hydrogen) atoms. The average molecular weight is 397 g/mol. The Morgan fingerprint density at radius 3 is 2.38 bits per heavy atom. The van der Waals surface area contributed by atoms with E-state index in [4.69, 9.17) is 9.47 Å². The molecule has 0 saturated carbocycles. The van der Waals surface area contributed by atoms with Crippen LogP contribution in [-0.2, 0) is 9.47 Å². The molecule has 1 aromatic carbocycles. The summed E-state index contributed by atoms with van der Waals surface area (Å²) in [5, 5.41) is 0. The largest absolute Gasteiger partial charge is 0.352 e. The lowest BCUT2D eigenvalue weighted by Gasteiger charge is -2.23. The number of alkyl halides is 1. The van der Waals surface area contributed by atoms with Crippen molar-refractivity contribution >= 4 is 22.6 Å². The molecule has 0 aliphatic heterocycles. The molecule has 1 heterocycles. The van der Waals surface area contributed by atoms with Crippen LogP contribution in [0.15, 0.2) is 48.8 Å². The van der Waals surface area contributed by atoms with Crippen LogP contribution in [0.3, 0.4) is 0 Å². The van der Waals surface area contributed by atoms with E-state index >= 15 is 0 Å². The van der Waals surface area contributed by atoms with Gasteiger partial charge in [0.1, 0.15) is 0 Å². The van der Waals surface area contributed by atoms with Gasteiger partial charge in [-0.05, 0) is 23.6 Å². The number of hydrogen-bond acceptors (Lipinski definition) is 3. The number of pyridine rings is 1. The van der Waals surface area contributed by atoms with E-state index < -0.39 is 0 Å². The molecule has 1 unspecified atom stereocenters. The van der Waals surface area contributed by atoms with Crippen LogP contribution < -0.4 is 0 Å². The summed E-state index contributed by atoms with van der Waals surface area (Å²) in [5.41, 5.74) is 3.53. The second-order valence-corrected chi connectivity index (χ2v) is 5.83. The summed E-state index contributed by atoms with van der Waals surface area (Å²) < 4.78 is 12.0. The van der Waals surface area contributed by atoms with Gasteiger partial charge < -0.3 is 9.47 Å². The number of aromatic nitrogens is 1. The van der Waals surface area contributed by atoms with E-state index in [0.29, 0.717) is 5.92 Å². The fourth-order valence-electron chi connectivity index (χ4n) is 2.57. The van der Waals surface area contributed by atoms with Crippen molar-refractivity contribution in [3.8, 4) is 0 Å². The van der Waals surface area contributed by atoms with Crippen molar-refractivity contribution in [2.45, 2.75) is 18.6 Å². The highest BCUT2D eigenvalue weighted by Crippen LogP contribution is 2.34. The lowest BCUT2D eigenvalue weighted by molar-refractivity contribution is -0.106. The number of benzene rings is 1. The molecule has 112 valence electrons. The lowest BCUT2D eigenvalue weighted by atomic mass is 9.87. The Kier molecular flexibility index (Phi) is 6.60. The number of nitrogens with zero attached hydrogens (tertiary/aromatic N) is 1. The first-order valence-corrected chi connectivity index (χ1v) is 8.44. The zero-order valence-corrected chi connectivity index (χ0v) is 14.5. The Labute approximate surface area is 139 Å². The van der Waals surface area contributed by atoms with Crippen LogP contribution in [0.2, 0.25) is 0 Å². The molecule has 1 aromatic heterocycles. The lowest BCUT2D eigenvalue weighted by Crippen LogP contribution is -2.12. The van der Waals surface area contributed by atoms with Gasteiger partial charge in [0.25, 0.3) is 0 Å². The number of methoxy groups -OCH3 is 2. The zero-order valence-electron chi connectivity index (χ0n) is 12.3. The minimum atomic E-state index is -0.358. The molecule has 0 saturated heterocycles. The van der Waals surface area contributed by atoms with Crippen LogP contribution in [0.5, 0.6) is 0 Å². The van der Waals surface area contributed by atoms with Gasteiger partial charge in [-0.3, -0.25) is 4.98 Å². The summed E-state index contributed by atoms with van der Waals surface area (Å²) in [6.07, 6.45) is 4.42. The fraction of sp³-hybridized carbons (Fsp3) is 0.353. The maximum atomic E-state index is 5.44. The second kappa shape index (κ2) is 8.46. The molecular weight excluding hydrogens is 377 g/mol. The minimum Gasteiger partial charge on any atom is -0.352 e. The normalized spacial score (nSPS) is 12.6. The van der Waals surface area contributed by atoms with Gasteiger partial charge in [0, 0.05) is 42.5 Å². The zero-order chi connectivity index (χ0) is 15.1. The Morgan fingerprint density at radius 2 is 1.76 bits per heavy atom. The summed E-state index contributed by atoms with van der Waals surface area (Å²) in [6, 6.07) is 12.5.